The Hall–Kier alpha value is -3.63. The van der Waals surface area contributed by atoms with E-state index < -0.39 is 16.4 Å². The first-order valence-corrected chi connectivity index (χ1v) is 17.2. The second-order valence-electron chi connectivity index (χ2n) is 11.7. The molecule has 6 rings (SSSR count). The number of rotatable bonds is 10. The number of anilines is 4. The molecule has 13 nitrogen and oxygen atoms in total. The maximum atomic E-state index is 12.7. The Balaban J connectivity index is 1.07. The SMILES string of the molecule is CS(=O)(=O)Nc1cnc2cc(N3CCOCC3)nc(O[C@H]3CC[C@@H](Nc4ncc(N5CCN(CC(F)F)CC5)cn4)CC3)c2c1. The molecule has 2 saturated heterocycles. The van der Waals surface area contributed by atoms with Gasteiger partial charge in [-0.05, 0) is 31.7 Å². The van der Waals surface area contributed by atoms with Crippen LogP contribution in [0.15, 0.2) is 30.7 Å². The second kappa shape index (κ2) is 13.8. The highest BCUT2D eigenvalue weighted by atomic mass is 32.2. The standard InChI is InChI=1S/C29H39F2N9O4S/c1-45(41,42)37-21-14-24-25(32-16-21)15-27(40-10-12-43-13-11-40)36-28(24)44-23-4-2-20(3-5-23)35-29-33-17-22(18-34-29)39-8-6-38(7-9-39)19-26(30)31/h14-18,20,23,26,37H,2-13,19H2,1H3,(H,33,34,35)/t20-,23+. The number of nitrogens with one attached hydrogen (secondary N) is 2. The molecule has 1 saturated carbocycles. The van der Waals surface area contributed by atoms with Crippen LogP contribution < -0.4 is 24.6 Å². The molecule has 45 heavy (non-hydrogen) atoms. The molecule has 16 heteroatoms. The number of morpholine rings is 1. The highest BCUT2D eigenvalue weighted by molar-refractivity contribution is 7.92. The first-order valence-electron chi connectivity index (χ1n) is 15.3. The molecule has 0 spiro atoms. The Morgan fingerprint density at radius 3 is 2.33 bits per heavy atom. The van der Waals surface area contributed by atoms with E-state index in [2.05, 4.69) is 34.8 Å². The number of alkyl halides is 2. The van der Waals surface area contributed by atoms with Crippen LogP contribution in [-0.2, 0) is 14.8 Å². The first kappa shape index (κ1) is 31.4. The fourth-order valence-electron chi connectivity index (χ4n) is 6.00. The highest BCUT2D eigenvalue weighted by Crippen LogP contribution is 2.33. The fraction of sp³-hybridized carbons (Fsp3) is 0.586. The number of hydrogen-bond donors (Lipinski definition) is 2. The van der Waals surface area contributed by atoms with E-state index in [9.17, 15) is 17.2 Å². The zero-order valence-electron chi connectivity index (χ0n) is 25.2. The third kappa shape index (κ3) is 8.35. The Morgan fingerprint density at radius 2 is 1.67 bits per heavy atom. The summed E-state index contributed by atoms with van der Waals surface area (Å²) < 4.78 is 63.5. The molecule has 0 radical (unpaired) electrons. The van der Waals surface area contributed by atoms with Gasteiger partial charge in [0.1, 0.15) is 11.9 Å². The van der Waals surface area contributed by atoms with Crippen molar-refractivity contribution in [2.24, 2.45) is 0 Å². The van der Waals surface area contributed by atoms with Crippen molar-refractivity contribution in [3.63, 3.8) is 0 Å². The summed E-state index contributed by atoms with van der Waals surface area (Å²) in [5, 5.41) is 4.08. The van der Waals surface area contributed by atoms with E-state index >= 15 is 0 Å². The van der Waals surface area contributed by atoms with Crippen molar-refractivity contribution < 1.29 is 26.7 Å². The van der Waals surface area contributed by atoms with E-state index in [0.717, 1.165) is 43.4 Å². The van der Waals surface area contributed by atoms with E-state index in [-0.39, 0.29) is 18.7 Å². The lowest BCUT2D eigenvalue weighted by Gasteiger charge is -2.35. The minimum atomic E-state index is -3.47. The molecule has 5 heterocycles. The molecule has 3 fully saturated rings. The van der Waals surface area contributed by atoms with Crippen molar-refractivity contribution in [2.75, 3.05) is 85.1 Å². The van der Waals surface area contributed by atoms with Crippen molar-refractivity contribution in [1.82, 2.24) is 24.8 Å². The molecular weight excluding hydrogens is 608 g/mol. The van der Waals surface area contributed by atoms with Crippen LogP contribution in [0.1, 0.15) is 25.7 Å². The molecule has 0 unspecified atom stereocenters. The van der Waals surface area contributed by atoms with E-state index in [1.54, 1.807) is 23.4 Å². The zero-order valence-corrected chi connectivity index (χ0v) is 26.1. The van der Waals surface area contributed by atoms with Crippen LogP contribution in [0.5, 0.6) is 5.88 Å². The van der Waals surface area contributed by atoms with Crippen LogP contribution >= 0.6 is 0 Å². The second-order valence-corrected chi connectivity index (χ2v) is 13.5. The van der Waals surface area contributed by atoms with E-state index in [1.165, 1.54) is 6.20 Å². The molecule has 0 aromatic carbocycles. The Bertz CT molecular complexity index is 1550. The summed E-state index contributed by atoms with van der Waals surface area (Å²) in [6, 6.07) is 3.80. The number of pyridine rings is 2. The third-order valence-electron chi connectivity index (χ3n) is 8.33. The van der Waals surface area contributed by atoms with Gasteiger partial charge in [0.15, 0.2) is 0 Å². The van der Waals surface area contributed by atoms with Crippen LogP contribution in [0.25, 0.3) is 10.9 Å². The van der Waals surface area contributed by atoms with Crippen molar-refractivity contribution in [3.8, 4) is 5.88 Å². The molecule has 3 aromatic rings. The van der Waals surface area contributed by atoms with Crippen LogP contribution in [-0.4, -0.2) is 117 Å². The smallest absolute Gasteiger partial charge is 0.251 e. The average molecular weight is 648 g/mol. The normalized spacial score (nSPS) is 21.7. The summed E-state index contributed by atoms with van der Waals surface area (Å²) >= 11 is 0. The maximum Gasteiger partial charge on any atom is 0.251 e. The molecule has 0 amide bonds. The van der Waals surface area contributed by atoms with E-state index in [1.807, 2.05) is 6.07 Å². The predicted octanol–water partition coefficient (Wildman–Crippen LogP) is 2.82. The van der Waals surface area contributed by atoms with Crippen LogP contribution in [0, 0.1) is 0 Å². The summed E-state index contributed by atoms with van der Waals surface area (Å²) in [6.45, 7) is 4.98. The number of piperazine rings is 1. The molecule has 1 aliphatic carbocycles. The van der Waals surface area contributed by atoms with Gasteiger partial charge in [0, 0.05) is 51.4 Å². The monoisotopic (exact) mass is 647 g/mol. The minimum Gasteiger partial charge on any atom is -0.474 e. The van der Waals surface area contributed by atoms with Gasteiger partial charge in [-0.25, -0.2) is 27.2 Å². The number of nitrogens with zero attached hydrogens (tertiary/aromatic N) is 7. The van der Waals surface area contributed by atoms with E-state index in [4.69, 9.17) is 14.5 Å². The maximum absolute atomic E-state index is 12.7. The molecule has 244 valence electrons. The minimum absolute atomic E-state index is 0.0720. The van der Waals surface area contributed by atoms with Crippen molar-refractivity contribution in [3.05, 3.63) is 30.7 Å². The van der Waals surface area contributed by atoms with Crippen molar-refractivity contribution >= 4 is 44.1 Å². The molecule has 3 aromatic heterocycles. The number of fused-ring (bicyclic) bond motifs is 1. The van der Waals surface area contributed by atoms with Crippen molar-refractivity contribution in [2.45, 2.75) is 44.3 Å². The predicted molar refractivity (Wildman–Crippen MR) is 168 cm³/mol. The first-order chi connectivity index (χ1) is 21.7. The lowest BCUT2D eigenvalue weighted by molar-refractivity contribution is 0.0854. The number of sulfonamides is 1. The van der Waals surface area contributed by atoms with Gasteiger partial charge in [0.05, 0.1) is 66.9 Å². The summed E-state index contributed by atoms with van der Waals surface area (Å²) in [7, 11) is -3.47. The highest BCUT2D eigenvalue weighted by Gasteiger charge is 2.26. The van der Waals surface area contributed by atoms with Crippen LogP contribution in [0.4, 0.5) is 31.9 Å². The summed E-state index contributed by atoms with van der Waals surface area (Å²) in [4.78, 5) is 24.5. The van der Waals surface area contributed by atoms with E-state index in [0.29, 0.717) is 80.9 Å². The van der Waals surface area contributed by atoms with Gasteiger partial charge < -0.3 is 24.6 Å². The van der Waals surface area contributed by atoms with Gasteiger partial charge in [0.25, 0.3) is 6.43 Å². The zero-order chi connectivity index (χ0) is 31.4. The van der Waals surface area contributed by atoms with Gasteiger partial charge in [-0.1, -0.05) is 0 Å². The van der Waals surface area contributed by atoms with Crippen LogP contribution in [0.2, 0.25) is 0 Å². The van der Waals surface area contributed by atoms with Gasteiger partial charge >= 0.3 is 0 Å². The lowest BCUT2D eigenvalue weighted by atomic mass is 9.93. The van der Waals surface area contributed by atoms with Crippen LogP contribution in [0.3, 0.4) is 0 Å². The summed E-state index contributed by atoms with van der Waals surface area (Å²) in [5.41, 5.74) is 1.91. The third-order valence-corrected chi connectivity index (χ3v) is 8.93. The number of halogens is 2. The molecule has 0 atom stereocenters. The number of ether oxygens (including phenoxy) is 2. The van der Waals surface area contributed by atoms with Crippen molar-refractivity contribution in [1.29, 1.82) is 0 Å². The van der Waals surface area contributed by atoms with Gasteiger partial charge in [-0.3, -0.25) is 14.6 Å². The Morgan fingerprint density at radius 1 is 0.956 bits per heavy atom. The average Bonchev–Trinajstić information content (AvgIpc) is 3.02. The Kier molecular flexibility index (Phi) is 9.61. The fourth-order valence-corrected chi connectivity index (χ4v) is 6.54. The molecule has 2 N–H and O–H groups in total. The Labute approximate surface area is 261 Å². The molecule has 2 aliphatic heterocycles. The summed E-state index contributed by atoms with van der Waals surface area (Å²) in [5.74, 6) is 1.74. The van der Waals surface area contributed by atoms with Gasteiger partial charge in [0.2, 0.25) is 21.9 Å². The number of hydrogen-bond acceptors (Lipinski definition) is 12. The number of aromatic nitrogens is 4. The van der Waals surface area contributed by atoms with Gasteiger partial charge in [-0.15, -0.1) is 0 Å². The van der Waals surface area contributed by atoms with Gasteiger partial charge in [-0.2, -0.15) is 4.98 Å². The molecular formula is C29H39F2N9O4S. The molecule has 0 bridgehead atoms. The largest absolute Gasteiger partial charge is 0.474 e. The summed E-state index contributed by atoms with van der Waals surface area (Å²) in [6.07, 6.45) is 7.06. The lowest BCUT2D eigenvalue weighted by Crippen LogP contribution is -2.47. The topological polar surface area (TPSA) is 138 Å². The molecule has 3 aliphatic rings. The quantitative estimate of drug-likeness (QED) is 0.335.